The van der Waals surface area contributed by atoms with E-state index >= 15 is 0 Å². The molecule has 10 nitrogen and oxygen atoms in total. The van der Waals surface area contributed by atoms with Gasteiger partial charge in [0.1, 0.15) is 18.7 Å². The highest BCUT2D eigenvalue weighted by Crippen LogP contribution is 2.28. The predicted molar refractivity (Wildman–Crippen MR) is 158 cm³/mol. The molecule has 0 saturated heterocycles. The molecule has 0 spiro atoms. The number of benzene rings is 3. The first-order chi connectivity index (χ1) is 20.6. The monoisotopic (exact) mass is 588 g/mol. The summed E-state index contributed by atoms with van der Waals surface area (Å²) in [6.45, 7) is 2.60. The zero-order valence-electron chi connectivity index (χ0n) is 24.1. The van der Waals surface area contributed by atoms with E-state index in [1.165, 1.54) is 0 Å². The molecule has 0 aliphatic carbocycles. The number of aliphatic carboxylic acids is 1. The van der Waals surface area contributed by atoms with Gasteiger partial charge in [0.25, 0.3) is 0 Å². The highest BCUT2D eigenvalue weighted by Gasteiger charge is 2.31. The number of carbonyl (C=O) groups excluding carboxylic acids is 4. The van der Waals surface area contributed by atoms with Crippen molar-refractivity contribution < 1.29 is 38.6 Å². The summed E-state index contributed by atoms with van der Waals surface area (Å²) in [5.74, 6) is -4.31. The lowest BCUT2D eigenvalue weighted by Crippen LogP contribution is -2.54. The maximum absolute atomic E-state index is 13.1. The van der Waals surface area contributed by atoms with Gasteiger partial charge in [0.2, 0.25) is 5.91 Å². The van der Waals surface area contributed by atoms with Crippen LogP contribution >= 0.6 is 0 Å². The number of rotatable bonds is 15. The summed E-state index contributed by atoms with van der Waals surface area (Å²) in [4.78, 5) is 62.7. The lowest BCUT2D eigenvalue weighted by Gasteiger charge is -2.24. The Morgan fingerprint density at radius 1 is 0.721 bits per heavy atom. The number of carboxylic acids is 1. The molecule has 3 N–H and O–H groups in total. The lowest BCUT2D eigenvalue weighted by atomic mass is 9.89. The van der Waals surface area contributed by atoms with Crippen LogP contribution in [0.1, 0.15) is 49.3 Å². The number of carbonyl (C=O) groups is 5. The first-order valence-electron chi connectivity index (χ1n) is 13.9. The lowest BCUT2D eigenvalue weighted by molar-refractivity contribution is -0.149. The van der Waals surface area contributed by atoms with Gasteiger partial charge in [-0.05, 0) is 22.6 Å². The van der Waals surface area contributed by atoms with Crippen LogP contribution < -0.4 is 10.6 Å². The van der Waals surface area contributed by atoms with Crippen LogP contribution in [0, 0.1) is 5.92 Å². The Morgan fingerprint density at radius 3 is 1.77 bits per heavy atom. The molecule has 0 radical (unpaired) electrons. The fourth-order valence-electron chi connectivity index (χ4n) is 4.38. The van der Waals surface area contributed by atoms with Crippen molar-refractivity contribution >= 4 is 29.7 Å². The highest BCUT2D eigenvalue weighted by atomic mass is 16.5. The molecule has 0 saturated carbocycles. The Bertz CT molecular complexity index is 1320. The van der Waals surface area contributed by atoms with Crippen molar-refractivity contribution in [3.8, 4) is 0 Å². The largest absolute Gasteiger partial charge is 0.481 e. The summed E-state index contributed by atoms with van der Waals surface area (Å²) in [5, 5.41) is 14.2. The molecule has 0 fully saturated rings. The zero-order chi connectivity index (χ0) is 31.2. The van der Waals surface area contributed by atoms with Crippen LogP contribution in [0.15, 0.2) is 91.0 Å². The predicted octanol–water partition coefficient (Wildman–Crippen LogP) is 4.23. The zero-order valence-corrected chi connectivity index (χ0v) is 24.1. The van der Waals surface area contributed by atoms with Crippen LogP contribution in [-0.2, 0) is 35.3 Å². The fourth-order valence-corrected chi connectivity index (χ4v) is 4.38. The van der Waals surface area contributed by atoms with Gasteiger partial charge in [-0.2, -0.15) is 0 Å². The highest BCUT2D eigenvalue weighted by molar-refractivity contribution is 5.95. The minimum absolute atomic E-state index is 0.0139. The van der Waals surface area contributed by atoms with Gasteiger partial charge in [-0.15, -0.1) is 0 Å². The Balaban J connectivity index is 1.60. The third kappa shape index (κ3) is 10.7. The first-order valence-corrected chi connectivity index (χ1v) is 13.9. The van der Waals surface area contributed by atoms with Gasteiger partial charge in [0.05, 0.1) is 12.8 Å². The van der Waals surface area contributed by atoms with Crippen molar-refractivity contribution in [2.24, 2.45) is 5.92 Å². The van der Waals surface area contributed by atoms with Crippen LogP contribution in [0.3, 0.4) is 0 Å². The molecule has 2 amide bonds. The van der Waals surface area contributed by atoms with E-state index in [9.17, 15) is 29.1 Å². The molecule has 3 rings (SSSR count). The van der Waals surface area contributed by atoms with Crippen molar-refractivity contribution in [2.75, 3.05) is 6.61 Å². The van der Waals surface area contributed by atoms with Crippen molar-refractivity contribution in [1.82, 2.24) is 10.6 Å². The van der Waals surface area contributed by atoms with Crippen LogP contribution in [-0.4, -0.2) is 53.5 Å². The molecule has 0 aliphatic rings. The standard InChI is InChI=1S/C33H36N2O8/c1-22(2)31(35-33(41)43-20-23-12-6-3-7-13-23)32(40)34-27(19-29(37)38)28(36)21-42-30(39)18-26(24-14-8-4-9-15-24)25-16-10-5-11-17-25/h3-17,22,26-27,31H,18-21H2,1-2H3,(H,34,40)(H,35,41)(H,37,38). The molecule has 3 aromatic rings. The maximum Gasteiger partial charge on any atom is 0.408 e. The maximum atomic E-state index is 13.1. The van der Waals surface area contributed by atoms with E-state index in [1.54, 1.807) is 38.1 Å². The molecule has 43 heavy (non-hydrogen) atoms. The number of ether oxygens (including phenoxy) is 2. The summed E-state index contributed by atoms with van der Waals surface area (Å²) >= 11 is 0. The number of alkyl carbamates (subject to hydrolysis) is 1. The van der Waals surface area contributed by atoms with Crippen molar-refractivity contribution in [1.29, 1.82) is 0 Å². The molecule has 0 aliphatic heterocycles. The number of hydrogen-bond acceptors (Lipinski definition) is 7. The molecule has 10 heteroatoms. The topological polar surface area (TPSA) is 148 Å². The minimum atomic E-state index is -1.49. The van der Waals surface area contributed by atoms with Crippen molar-refractivity contribution in [2.45, 2.75) is 51.3 Å². The van der Waals surface area contributed by atoms with Gasteiger partial charge in [0, 0.05) is 5.92 Å². The van der Waals surface area contributed by atoms with Gasteiger partial charge >= 0.3 is 18.0 Å². The normalized spacial score (nSPS) is 12.2. The number of Topliss-reactive ketones (excluding diaryl/α,β-unsaturated/α-hetero) is 1. The number of esters is 1. The van der Waals surface area contributed by atoms with E-state index in [4.69, 9.17) is 9.47 Å². The van der Waals surface area contributed by atoms with Gasteiger partial charge in [-0.25, -0.2) is 4.79 Å². The van der Waals surface area contributed by atoms with E-state index in [2.05, 4.69) is 10.6 Å². The third-order valence-corrected chi connectivity index (χ3v) is 6.67. The van der Waals surface area contributed by atoms with Crippen molar-refractivity contribution in [3.63, 3.8) is 0 Å². The molecule has 3 aromatic carbocycles. The molecular weight excluding hydrogens is 552 g/mol. The number of carboxylic acid groups (broad SMARTS) is 1. The summed E-state index contributed by atoms with van der Waals surface area (Å²) in [6.07, 6.45) is -1.64. The van der Waals surface area contributed by atoms with Gasteiger partial charge in [0.15, 0.2) is 12.4 Å². The molecule has 226 valence electrons. The van der Waals surface area contributed by atoms with Gasteiger partial charge in [-0.1, -0.05) is 105 Å². The molecule has 0 heterocycles. The third-order valence-electron chi connectivity index (χ3n) is 6.67. The quantitative estimate of drug-likeness (QED) is 0.224. The molecule has 2 unspecified atom stereocenters. The second-order valence-corrected chi connectivity index (χ2v) is 10.3. The average molecular weight is 589 g/mol. The first kappa shape index (κ1) is 32.5. The summed E-state index contributed by atoms with van der Waals surface area (Å²) in [7, 11) is 0. The summed E-state index contributed by atoms with van der Waals surface area (Å²) in [6, 6.07) is 25.1. The van der Waals surface area contributed by atoms with E-state index in [0.29, 0.717) is 0 Å². The molecular formula is C33H36N2O8. The second kappa shape index (κ2) is 16.5. The van der Waals surface area contributed by atoms with Crippen LogP contribution in [0.4, 0.5) is 4.79 Å². The Kier molecular flexibility index (Phi) is 12.4. The number of hydrogen-bond donors (Lipinski definition) is 3. The number of ketones is 1. The molecule has 2 atom stereocenters. The average Bonchev–Trinajstić information content (AvgIpc) is 3.00. The van der Waals surface area contributed by atoms with E-state index < -0.39 is 60.8 Å². The van der Waals surface area contributed by atoms with E-state index in [-0.39, 0.29) is 18.9 Å². The summed E-state index contributed by atoms with van der Waals surface area (Å²) in [5.41, 5.74) is 2.54. The SMILES string of the molecule is CC(C)C(NC(=O)OCc1ccccc1)C(=O)NC(CC(=O)O)C(=O)COC(=O)CC(c1ccccc1)c1ccccc1. The summed E-state index contributed by atoms with van der Waals surface area (Å²) < 4.78 is 10.4. The van der Waals surface area contributed by atoms with Crippen LogP contribution in [0.5, 0.6) is 0 Å². The van der Waals surface area contributed by atoms with Crippen molar-refractivity contribution in [3.05, 3.63) is 108 Å². The van der Waals surface area contributed by atoms with Crippen LogP contribution in [0.2, 0.25) is 0 Å². The second-order valence-electron chi connectivity index (χ2n) is 10.3. The Hall–Kier alpha value is -4.99. The van der Waals surface area contributed by atoms with E-state index in [0.717, 1.165) is 16.7 Å². The molecule has 0 bridgehead atoms. The van der Waals surface area contributed by atoms with Gasteiger partial charge in [-0.3, -0.25) is 19.2 Å². The Labute approximate surface area is 250 Å². The number of nitrogens with one attached hydrogen (secondary N) is 2. The molecule has 0 aromatic heterocycles. The number of amides is 2. The van der Waals surface area contributed by atoms with Gasteiger partial charge < -0.3 is 25.2 Å². The van der Waals surface area contributed by atoms with E-state index in [1.807, 2.05) is 66.7 Å². The Morgan fingerprint density at radius 2 is 1.26 bits per heavy atom. The smallest absolute Gasteiger partial charge is 0.408 e. The minimum Gasteiger partial charge on any atom is -0.481 e. The fraction of sp³-hybridized carbons (Fsp3) is 0.303. The van der Waals surface area contributed by atoms with Crippen LogP contribution in [0.25, 0.3) is 0 Å².